The SMILES string of the molecule is CC(C)n1ccnc1C(=O)C1CCNC1. The van der Waals surface area contributed by atoms with Crippen molar-refractivity contribution in [2.45, 2.75) is 26.3 Å². The highest BCUT2D eigenvalue weighted by Gasteiger charge is 2.26. The maximum absolute atomic E-state index is 12.1. The lowest BCUT2D eigenvalue weighted by atomic mass is 10.0. The van der Waals surface area contributed by atoms with Gasteiger partial charge in [-0.2, -0.15) is 0 Å². The fraction of sp³-hybridized carbons (Fsp3) is 0.636. The Morgan fingerprint density at radius 3 is 3.07 bits per heavy atom. The van der Waals surface area contributed by atoms with E-state index in [4.69, 9.17) is 0 Å². The molecule has 1 saturated heterocycles. The first-order valence-corrected chi connectivity index (χ1v) is 5.48. The minimum Gasteiger partial charge on any atom is -0.326 e. The van der Waals surface area contributed by atoms with Crippen molar-refractivity contribution in [2.24, 2.45) is 5.92 Å². The zero-order valence-electron chi connectivity index (χ0n) is 9.23. The zero-order valence-corrected chi connectivity index (χ0v) is 9.23. The van der Waals surface area contributed by atoms with E-state index in [1.54, 1.807) is 6.20 Å². The van der Waals surface area contributed by atoms with E-state index in [-0.39, 0.29) is 11.7 Å². The second-order valence-electron chi connectivity index (χ2n) is 4.31. The van der Waals surface area contributed by atoms with Gasteiger partial charge in [-0.3, -0.25) is 4.79 Å². The quantitative estimate of drug-likeness (QED) is 0.759. The molecule has 1 aliphatic rings. The van der Waals surface area contributed by atoms with Gasteiger partial charge in [0.05, 0.1) is 0 Å². The molecule has 0 amide bonds. The molecule has 15 heavy (non-hydrogen) atoms. The van der Waals surface area contributed by atoms with E-state index >= 15 is 0 Å². The van der Waals surface area contributed by atoms with E-state index in [1.807, 2.05) is 10.8 Å². The van der Waals surface area contributed by atoms with Crippen LogP contribution >= 0.6 is 0 Å². The number of nitrogens with zero attached hydrogens (tertiary/aromatic N) is 2. The molecular weight excluding hydrogens is 190 g/mol. The maximum Gasteiger partial charge on any atom is 0.202 e. The molecule has 0 saturated carbocycles. The molecule has 0 aromatic carbocycles. The van der Waals surface area contributed by atoms with Crippen LogP contribution in [0.25, 0.3) is 0 Å². The molecule has 0 radical (unpaired) electrons. The van der Waals surface area contributed by atoms with E-state index in [2.05, 4.69) is 24.1 Å². The predicted molar refractivity (Wildman–Crippen MR) is 57.9 cm³/mol. The van der Waals surface area contributed by atoms with Crippen LogP contribution in [0.15, 0.2) is 12.4 Å². The summed E-state index contributed by atoms with van der Waals surface area (Å²) in [5, 5.41) is 3.21. The first-order valence-electron chi connectivity index (χ1n) is 5.48. The fourth-order valence-electron chi connectivity index (χ4n) is 1.98. The molecule has 1 fully saturated rings. The van der Waals surface area contributed by atoms with Gasteiger partial charge in [-0.05, 0) is 26.8 Å². The lowest BCUT2D eigenvalue weighted by molar-refractivity contribution is 0.0914. The number of carbonyl (C=O) groups excluding carboxylic acids is 1. The van der Waals surface area contributed by atoms with Crippen LogP contribution in [0, 0.1) is 5.92 Å². The molecule has 1 unspecified atom stereocenters. The molecular formula is C11H17N3O. The summed E-state index contributed by atoms with van der Waals surface area (Å²) in [6, 6.07) is 0.292. The predicted octanol–water partition coefficient (Wildman–Crippen LogP) is 1.26. The van der Waals surface area contributed by atoms with Gasteiger partial charge in [-0.15, -0.1) is 0 Å². The zero-order chi connectivity index (χ0) is 10.8. The van der Waals surface area contributed by atoms with Gasteiger partial charge < -0.3 is 9.88 Å². The highest BCUT2D eigenvalue weighted by molar-refractivity contribution is 5.95. The Morgan fingerprint density at radius 2 is 2.47 bits per heavy atom. The van der Waals surface area contributed by atoms with Gasteiger partial charge in [0.25, 0.3) is 0 Å². The lowest BCUT2D eigenvalue weighted by Crippen LogP contribution is -2.22. The molecule has 1 aromatic heterocycles. The van der Waals surface area contributed by atoms with Crippen molar-refractivity contribution in [1.82, 2.24) is 14.9 Å². The van der Waals surface area contributed by atoms with Crippen molar-refractivity contribution in [3.63, 3.8) is 0 Å². The van der Waals surface area contributed by atoms with Crippen LogP contribution in [0.4, 0.5) is 0 Å². The summed E-state index contributed by atoms with van der Waals surface area (Å²) in [4.78, 5) is 16.3. The topological polar surface area (TPSA) is 46.9 Å². The van der Waals surface area contributed by atoms with E-state index < -0.39 is 0 Å². The molecule has 1 aliphatic heterocycles. The number of rotatable bonds is 3. The van der Waals surface area contributed by atoms with E-state index in [0.29, 0.717) is 11.9 Å². The van der Waals surface area contributed by atoms with Gasteiger partial charge in [0.1, 0.15) is 0 Å². The molecule has 1 N–H and O–H groups in total. The standard InChI is InChI=1S/C11H17N3O/c1-8(2)14-6-5-13-11(14)10(15)9-3-4-12-7-9/h5-6,8-9,12H,3-4,7H2,1-2H3. The average molecular weight is 207 g/mol. The van der Waals surface area contributed by atoms with Gasteiger partial charge in [0, 0.05) is 30.9 Å². The summed E-state index contributed by atoms with van der Waals surface area (Å²) < 4.78 is 1.95. The number of nitrogens with one attached hydrogen (secondary N) is 1. The van der Waals surface area contributed by atoms with Gasteiger partial charge in [0.15, 0.2) is 5.82 Å². The van der Waals surface area contributed by atoms with Crippen LogP contribution in [0.1, 0.15) is 36.9 Å². The van der Waals surface area contributed by atoms with Crippen molar-refractivity contribution in [3.8, 4) is 0 Å². The number of Topliss-reactive ketones (excluding diaryl/α,β-unsaturated/α-hetero) is 1. The van der Waals surface area contributed by atoms with Crippen molar-refractivity contribution in [2.75, 3.05) is 13.1 Å². The second-order valence-corrected chi connectivity index (χ2v) is 4.31. The monoisotopic (exact) mass is 207 g/mol. The summed E-state index contributed by atoms with van der Waals surface area (Å²) in [6.45, 7) is 5.86. The molecule has 2 rings (SSSR count). The lowest BCUT2D eigenvalue weighted by Gasteiger charge is -2.12. The first-order chi connectivity index (χ1) is 7.20. The molecule has 4 heteroatoms. The van der Waals surface area contributed by atoms with Crippen molar-refractivity contribution >= 4 is 5.78 Å². The van der Waals surface area contributed by atoms with E-state index in [9.17, 15) is 4.79 Å². The van der Waals surface area contributed by atoms with Crippen molar-refractivity contribution in [3.05, 3.63) is 18.2 Å². The van der Waals surface area contributed by atoms with Crippen LogP contribution in [0.5, 0.6) is 0 Å². The fourth-order valence-corrected chi connectivity index (χ4v) is 1.98. The Bertz CT molecular complexity index is 350. The highest BCUT2D eigenvalue weighted by Crippen LogP contribution is 2.16. The second kappa shape index (κ2) is 4.14. The summed E-state index contributed by atoms with van der Waals surface area (Å²) >= 11 is 0. The first kappa shape index (κ1) is 10.4. The van der Waals surface area contributed by atoms with Crippen LogP contribution < -0.4 is 5.32 Å². The number of carbonyl (C=O) groups is 1. The minimum atomic E-state index is 0.116. The summed E-state index contributed by atoms with van der Waals surface area (Å²) in [7, 11) is 0. The minimum absolute atomic E-state index is 0.116. The molecule has 1 aromatic rings. The number of ketones is 1. The third-order valence-electron chi connectivity index (χ3n) is 2.88. The summed E-state index contributed by atoms with van der Waals surface area (Å²) in [6.07, 6.45) is 4.51. The van der Waals surface area contributed by atoms with E-state index in [1.165, 1.54) is 0 Å². The largest absolute Gasteiger partial charge is 0.326 e. The van der Waals surface area contributed by atoms with Crippen LogP contribution in [-0.2, 0) is 0 Å². The third-order valence-corrected chi connectivity index (χ3v) is 2.88. The number of hydrogen-bond donors (Lipinski definition) is 1. The Hall–Kier alpha value is -1.16. The highest BCUT2D eigenvalue weighted by atomic mass is 16.1. The Morgan fingerprint density at radius 1 is 1.67 bits per heavy atom. The molecule has 1 atom stereocenters. The Balaban J connectivity index is 2.20. The number of hydrogen-bond acceptors (Lipinski definition) is 3. The van der Waals surface area contributed by atoms with Crippen LogP contribution in [-0.4, -0.2) is 28.4 Å². The summed E-state index contributed by atoms with van der Waals surface area (Å²) in [5.41, 5.74) is 0. The van der Waals surface area contributed by atoms with Gasteiger partial charge >= 0.3 is 0 Å². The van der Waals surface area contributed by atoms with E-state index in [0.717, 1.165) is 19.5 Å². The molecule has 0 spiro atoms. The van der Waals surface area contributed by atoms with Crippen molar-refractivity contribution in [1.29, 1.82) is 0 Å². The molecule has 82 valence electrons. The van der Waals surface area contributed by atoms with Gasteiger partial charge in [-0.1, -0.05) is 0 Å². The number of aromatic nitrogens is 2. The van der Waals surface area contributed by atoms with Crippen LogP contribution in [0.3, 0.4) is 0 Å². The van der Waals surface area contributed by atoms with Crippen molar-refractivity contribution < 1.29 is 4.79 Å². The van der Waals surface area contributed by atoms with Gasteiger partial charge in [0.2, 0.25) is 5.78 Å². The van der Waals surface area contributed by atoms with Gasteiger partial charge in [-0.25, -0.2) is 4.98 Å². The number of imidazole rings is 1. The summed E-state index contributed by atoms with van der Waals surface area (Å²) in [5.74, 6) is 0.905. The maximum atomic E-state index is 12.1. The third kappa shape index (κ3) is 1.95. The normalized spacial score (nSPS) is 21.1. The molecule has 0 aliphatic carbocycles. The van der Waals surface area contributed by atoms with Crippen LogP contribution in [0.2, 0.25) is 0 Å². The average Bonchev–Trinajstić information content (AvgIpc) is 2.88. The smallest absolute Gasteiger partial charge is 0.202 e. The Kier molecular flexibility index (Phi) is 2.86. The Labute approximate surface area is 89.7 Å². The molecule has 2 heterocycles. The molecule has 4 nitrogen and oxygen atoms in total. The molecule has 0 bridgehead atoms.